The Balaban J connectivity index is 1.79. The van der Waals surface area contributed by atoms with E-state index >= 15 is 0 Å². The molecule has 2 aromatic heterocycles. The Bertz CT molecular complexity index is 646. The summed E-state index contributed by atoms with van der Waals surface area (Å²) < 4.78 is 6.94. The predicted octanol–water partition coefficient (Wildman–Crippen LogP) is 0.749. The summed E-state index contributed by atoms with van der Waals surface area (Å²) in [6, 6.07) is 1.63. The number of fused-ring (bicyclic) bond motifs is 1. The molecular formula is C14H19N5O2. The average Bonchev–Trinajstić information content (AvgIpc) is 3.13. The monoisotopic (exact) mass is 289 g/mol. The van der Waals surface area contributed by atoms with E-state index in [1.54, 1.807) is 18.0 Å². The first-order valence-electron chi connectivity index (χ1n) is 7.04. The van der Waals surface area contributed by atoms with E-state index in [0.717, 1.165) is 36.2 Å². The molecule has 0 unspecified atom stereocenters. The number of hydrogen-bond donors (Lipinski definition) is 2. The van der Waals surface area contributed by atoms with E-state index in [0.29, 0.717) is 12.3 Å². The summed E-state index contributed by atoms with van der Waals surface area (Å²) in [4.78, 5) is 12.5. The maximum Gasteiger partial charge on any atom is 0.272 e. The van der Waals surface area contributed by atoms with Crippen LogP contribution in [-0.2, 0) is 24.6 Å². The molecule has 21 heavy (non-hydrogen) atoms. The summed E-state index contributed by atoms with van der Waals surface area (Å²) in [6.07, 6.45) is 4.66. The summed E-state index contributed by atoms with van der Waals surface area (Å²) >= 11 is 0. The first-order valence-corrected chi connectivity index (χ1v) is 7.04. The molecule has 1 aliphatic carbocycles. The third kappa shape index (κ3) is 2.56. The van der Waals surface area contributed by atoms with Crippen LogP contribution in [0.2, 0.25) is 0 Å². The van der Waals surface area contributed by atoms with Crippen molar-refractivity contribution in [1.29, 1.82) is 0 Å². The van der Waals surface area contributed by atoms with E-state index in [9.17, 15) is 4.79 Å². The number of carbonyl (C=O) groups excluding carboxylic acids is 1. The molecule has 0 saturated carbocycles. The van der Waals surface area contributed by atoms with Gasteiger partial charge in [-0.3, -0.25) is 14.6 Å². The van der Waals surface area contributed by atoms with E-state index in [2.05, 4.69) is 20.6 Å². The number of H-pyrrole nitrogens is 1. The molecule has 0 bridgehead atoms. The normalized spacial score (nSPS) is 15.0. The summed E-state index contributed by atoms with van der Waals surface area (Å²) in [5, 5.41) is 14.2. The molecule has 7 nitrogen and oxygen atoms in total. The van der Waals surface area contributed by atoms with Crippen LogP contribution in [0.4, 0.5) is 0 Å². The van der Waals surface area contributed by atoms with Gasteiger partial charge in [0, 0.05) is 31.6 Å². The Morgan fingerprint density at radius 1 is 1.57 bits per heavy atom. The number of ether oxygens (including phenoxy) is 1. The van der Waals surface area contributed by atoms with Crippen molar-refractivity contribution in [2.24, 2.45) is 7.05 Å². The molecule has 2 aromatic rings. The minimum Gasteiger partial charge on any atom is -0.382 e. The fourth-order valence-electron chi connectivity index (χ4n) is 2.83. The number of nitrogens with zero attached hydrogens (tertiary/aromatic N) is 3. The minimum atomic E-state index is -0.247. The van der Waals surface area contributed by atoms with E-state index in [4.69, 9.17) is 4.74 Å². The number of carbonyl (C=O) groups is 1. The van der Waals surface area contributed by atoms with Crippen molar-refractivity contribution in [2.45, 2.75) is 25.3 Å². The fraction of sp³-hybridized carbons (Fsp3) is 0.500. The highest BCUT2D eigenvalue weighted by Gasteiger charge is 2.25. The van der Waals surface area contributed by atoms with Gasteiger partial charge in [-0.2, -0.15) is 10.2 Å². The Morgan fingerprint density at radius 2 is 2.43 bits per heavy atom. The molecule has 1 aliphatic rings. The van der Waals surface area contributed by atoms with E-state index in [1.165, 1.54) is 0 Å². The van der Waals surface area contributed by atoms with Crippen LogP contribution in [0.5, 0.6) is 0 Å². The lowest BCUT2D eigenvalue weighted by molar-refractivity contribution is 0.0886. The first kappa shape index (κ1) is 13.8. The fourth-order valence-corrected chi connectivity index (χ4v) is 2.83. The van der Waals surface area contributed by atoms with E-state index < -0.39 is 0 Å². The van der Waals surface area contributed by atoms with Crippen molar-refractivity contribution in [3.05, 3.63) is 34.9 Å². The van der Waals surface area contributed by atoms with Crippen LogP contribution in [0.15, 0.2) is 12.3 Å². The van der Waals surface area contributed by atoms with Crippen molar-refractivity contribution >= 4 is 5.91 Å². The topological polar surface area (TPSA) is 84.8 Å². The zero-order chi connectivity index (χ0) is 14.8. The second-order valence-corrected chi connectivity index (χ2v) is 5.24. The van der Waals surface area contributed by atoms with Crippen LogP contribution in [0.3, 0.4) is 0 Å². The number of methoxy groups -OCH3 is 1. The maximum absolute atomic E-state index is 12.5. The quantitative estimate of drug-likeness (QED) is 0.850. The van der Waals surface area contributed by atoms with Crippen molar-refractivity contribution in [1.82, 2.24) is 25.3 Å². The Labute approximate surface area is 122 Å². The Morgan fingerprint density at radius 3 is 3.14 bits per heavy atom. The molecule has 0 radical (unpaired) electrons. The largest absolute Gasteiger partial charge is 0.382 e. The highest BCUT2D eigenvalue weighted by Crippen LogP contribution is 2.23. The lowest BCUT2D eigenvalue weighted by atomic mass is 10.1. The molecule has 7 heteroatoms. The zero-order valence-electron chi connectivity index (χ0n) is 12.2. The number of aromatic nitrogens is 4. The molecule has 2 N–H and O–H groups in total. The number of amides is 1. The molecule has 0 aliphatic heterocycles. The van der Waals surface area contributed by atoms with Gasteiger partial charge in [-0.1, -0.05) is 0 Å². The Kier molecular flexibility index (Phi) is 3.74. The molecular weight excluding hydrogens is 270 g/mol. The molecule has 0 fully saturated rings. The molecule has 112 valence electrons. The third-order valence-electron chi connectivity index (χ3n) is 3.88. The predicted molar refractivity (Wildman–Crippen MR) is 75.9 cm³/mol. The number of aromatic amines is 1. The summed E-state index contributed by atoms with van der Waals surface area (Å²) in [7, 11) is 3.46. The second kappa shape index (κ2) is 5.69. The molecule has 0 saturated heterocycles. The van der Waals surface area contributed by atoms with Crippen LogP contribution in [0.25, 0.3) is 0 Å². The highest BCUT2D eigenvalue weighted by atomic mass is 16.5. The van der Waals surface area contributed by atoms with Gasteiger partial charge in [0.25, 0.3) is 5.91 Å². The SMILES string of the molecule is COC[C@@H](NC(=O)c1n[nH]c2c1CCC2)c1ccnn1C. The van der Waals surface area contributed by atoms with Gasteiger partial charge in [0.1, 0.15) is 0 Å². The van der Waals surface area contributed by atoms with Crippen molar-refractivity contribution in [3.63, 3.8) is 0 Å². The van der Waals surface area contributed by atoms with E-state index in [-0.39, 0.29) is 11.9 Å². The molecule has 2 heterocycles. The third-order valence-corrected chi connectivity index (χ3v) is 3.88. The number of hydrogen-bond acceptors (Lipinski definition) is 4. The van der Waals surface area contributed by atoms with Gasteiger partial charge in [0.15, 0.2) is 5.69 Å². The Hall–Kier alpha value is -2.15. The van der Waals surface area contributed by atoms with Gasteiger partial charge in [-0.25, -0.2) is 0 Å². The van der Waals surface area contributed by atoms with Gasteiger partial charge < -0.3 is 10.1 Å². The van der Waals surface area contributed by atoms with Gasteiger partial charge >= 0.3 is 0 Å². The van der Waals surface area contributed by atoms with E-state index in [1.807, 2.05) is 13.1 Å². The van der Waals surface area contributed by atoms with Crippen molar-refractivity contribution in [3.8, 4) is 0 Å². The number of rotatable bonds is 5. The minimum absolute atomic E-state index is 0.169. The summed E-state index contributed by atoms with van der Waals surface area (Å²) in [5.41, 5.74) is 3.54. The molecule has 0 aromatic carbocycles. The highest BCUT2D eigenvalue weighted by molar-refractivity contribution is 5.94. The maximum atomic E-state index is 12.5. The van der Waals surface area contributed by atoms with Crippen LogP contribution in [0, 0.1) is 0 Å². The van der Waals surface area contributed by atoms with Crippen molar-refractivity contribution in [2.75, 3.05) is 13.7 Å². The van der Waals surface area contributed by atoms with Gasteiger partial charge in [-0.15, -0.1) is 0 Å². The summed E-state index contributed by atoms with van der Waals surface area (Å²) in [5.74, 6) is -0.169. The van der Waals surface area contributed by atoms with Crippen LogP contribution in [0.1, 0.15) is 39.9 Å². The molecule has 0 spiro atoms. The van der Waals surface area contributed by atoms with Crippen molar-refractivity contribution < 1.29 is 9.53 Å². The lowest BCUT2D eigenvalue weighted by Crippen LogP contribution is -2.33. The number of aryl methyl sites for hydroxylation is 2. The zero-order valence-corrected chi connectivity index (χ0v) is 12.2. The number of nitrogens with one attached hydrogen (secondary N) is 2. The summed E-state index contributed by atoms with van der Waals surface area (Å²) in [6.45, 7) is 0.387. The van der Waals surface area contributed by atoms with Crippen LogP contribution >= 0.6 is 0 Å². The molecule has 1 atom stereocenters. The van der Waals surface area contributed by atoms with Crippen LogP contribution < -0.4 is 5.32 Å². The van der Waals surface area contributed by atoms with Gasteiger partial charge in [0.2, 0.25) is 0 Å². The molecule has 1 amide bonds. The van der Waals surface area contributed by atoms with Crippen LogP contribution in [-0.4, -0.2) is 39.6 Å². The van der Waals surface area contributed by atoms with Gasteiger partial charge in [-0.05, 0) is 25.3 Å². The van der Waals surface area contributed by atoms with Gasteiger partial charge in [0.05, 0.1) is 18.3 Å². The molecule has 3 rings (SSSR count). The lowest BCUT2D eigenvalue weighted by Gasteiger charge is -2.17. The first-order chi connectivity index (χ1) is 10.2. The second-order valence-electron chi connectivity index (χ2n) is 5.24. The average molecular weight is 289 g/mol. The standard InChI is InChI=1S/C14H19N5O2/c1-19-12(6-7-15-19)11(8-21-2)16-14(20)13-9-4-3-5-10(9)17-18-13/h6-7,11H,3-5,8H2,1-2H3,(H,16,20)(H,17,18)/t11-/m1/s1. The smallest absolute Gasteiger partial charge is 0.272 e.